The molecule has 6 heteroatoms. The van der Waals surface area contributed by atoms with Crippen LogP contribution >= 0.6 is 0 Å². The van der Waals surface area contributed by atoms with E-state index in [0.717, 1.165) is 44.2 Å². The zero-order valence-corrected chi connectivity index (χ0v) is 16.4. The largest absolute Gasteiger partial charge is 0.486 e. The topological polar surface area (TPSA) is 56.4 Å². The third-order valence-electron chi connectivity index (χ3n) is 5.71. The van der Waals surface area contributed by atoms with Crippen molar-refractivity contribution in [3.63, 3.8) is 0 Å². The molecule has 2 heterocycles. The number of piperazine rings is 1. The van der Waals surface area contributed by atoms with Crippen molar-refractivity contribution < 1.29 is 24.1 Å². The van der Waals surface area contributed by atoms with Crippen LogP contribution < -0.4 is 24.6 Å². The van der Waals surface area contributed by atoms with Gasteiger partial charge in [0.25, 0.3) is 5.91 Å². The molecule has 0 aromatic heterocycles. The third-order valence-corrected chi connectivity index (χ3v) is 5.71. The van der Waals surface area contributed by atoms with Gasteiger partial charge >= 0.3 is 0 Å². The van der Waals surface area contributed by atoms with Gasteiger partial charge in [-0.25, -0.2) is 0 Å². The van der Waals surface area contributed by atoms with Crippen LogP contribution in [0.3, 0.4) is 0 Å². The van der Waals surface area contributed by atoms with Gasteiger partial charge in [0.05, 0.1) is 0 Å². The number of hydrogen-bond acceptors (Lipinski definition) is 3. The molecule has 6 nitrogen and oxygen atoms in total. The molecule has 0 unspecified atom stereocenters. The first-order chi connectivity index (χ1) is 13.7. The summed E-state index contributed by atoms with van der Waals surface area (Å²) in [5.74, 6) is 1.49. The summed E-state index contributed by atoms with van der Waals surface area (Å²) in [5, 5.41) is 3.04. The summed E-state index contributed by atoms with van der Waals surface area (Å²) in [7, 11) is 0. The minimum Gasteiger partial charge on any atom is -0.486 e. The normalized spacial score (nSPS) is 22.3. The predicted octanol–water partition coefficient (Wildman–Crippen LogP) is -0.232. The number of amides is 1. The van der Waals surface area contributed by atoms with Gasteiger partial charge in [-0.15, -0.1) is 0 Å². The molecule has 1 saturated heterocycles. The second-order valence-corrected chi connectivity index (χ2v) is 7.64. The van der Waals surface area contributed by atoms with Gasteiger partial charge in [0.1, 0.15) is 45.9 Å². The molecular formula is C22H29N3O3+2. The Balaban J connectivity index is 1.29. The van der Waals surface area contributed by atoms with Crippen LogP contribution in [0.5, 0.6) is 11.5 Å². The molecule has 0 radical (unpaired) electrons. The number of nitrogens with one attached hydrogen (secondary N) is 3. The van der Waals surface area contributed by atoms with Crippen LogP contribution in [0.1, 0.15) is 12.5 Å². The Morgan fingerprint density at radius 3 is 2.46 bits per heavy atom. The quantitative estimate of drug-likeness (QED) is 0.669. The number of ether oxygens (including phenoxy) is 2. The number of benzene rings is 2. The first-order valence-corrected chi connectivity index (χ1v) is 10.1. The molecule has 148 valence electrons. The van der Waals surface area contributed by atoms with E-state index in [2.05, 4.69) is 35.6 Å². The lowest BCUT2D eigenvalue weighted by atomic mass is 10.1. The number of carbonyl (C=O) groups is 1. The summed E-state index contributed by atoms with van der Waals surface area (Å²) in [6.07, 6.45) is 0. The number of quaternary nitrogens is 2. The van der Waals surface area contributed by atoms with Crippen molar-refractivity contribution in [1.29, 1.82) is 0 Å². The second kappa shape index (κ2) is 8.63. The van der Waals surface area contributed by atoms with Gasteiger partial charge in [0, 0.05) is 17.3 Å². The van der Waals surface area contributed by atoms with E-state index < -0.39 is 0 Å². The average Bonchev–Trinajstić information content (AvgIpc) is 2.74. The van der Waals surface area contributed by atoms with Gasteiger partial charge in [-0.05, 0) is 19.1 Å². The average molecular weight is 383 g/mol. The highest BCUT2D eigenvalue weighted by Gasteiger charge is 2.31. The van der Waals surface area contributed by atoms with Gasteiger partial charge in [-0.1, -0.05) is 30.3 Å². The van der Waals surface area contributed by atoms with E-state index in [1.165, 1.54) is 10.5 Å². The Morgan fingerprint density at radius 2 is 1.71 bits per heavy atom. The van der Waals surface area contributed by atoms with Crippen molar-refractivity contribution in [3.8, 4) is 11.5 Å². The zero-order chi connectivity index (χ0) is 19.3. The van der Waals surface area contributed by atoms with Crippen molar-refractivity contribution in [1.82, 2.24) is 0 Å². The molecule has 4 rings (SSSR count). The molecule has 1 fully saturated rings. The van der Waals surface area contributed by atoms with Gasteiger partial charge < -0.3 is 24.6 Å². The van der Waals surface area contributed by atoms with E-state index in [1.807, 2.05) is 25.1 Å². The first kappa shape index (κ1) is 18.8. The van der Waals surface area contributed by atoms with E-state index in [0.29, 0.717) is 19.0 Å². The van der Waals surface area contributed by atoms with E-state index in [4.69, 9.17) is 9.47 Å². The molecule has 2 aliphatic rings. The lowest BCUT2D eigenvalue weighted by molar-refractivity contribution is -1.02. The number of anilines is 1. The molecule has 1 atom stereocenters. The first-order valence-electron chi connectivity index (χ1n) is 10.1. The van der Waals surface area contributed by atoms with Crippen LogP contribution in [0, 0.1) is 0 Å². The van der Waals surface area contributed by atoms with Crippen molar-refractivity contribution >= 4 is 11.6 Å². The monoisotopic (exact) mass is 383 g/mol. The van der Waals surface area contributed by atoms with Gasteiger partial charge in [0.2, 0.25) is 0 Å². The maximum Gasteiger partial charge on any atom is 0.282 e. The molecule has 0 saturated carbocycles. The molecule has 2 aromatic carbocycles. The van der Waals surface area contributed by atoms with E-state index in [1.54, 1.807) is 4.90 Å². The minimum absolute atomic E-state index is 0.0539. The summed E-state index contributed by atoms with van der Waals surface area (Å²) >= 11 is 0. The van der Waals surface area contributed by atoms with Crippen LogP contribution in [0.25, 0.3) is 0 Å². The maximum absolute atomic E-state index is 12.7. The molecule has 28 heavy (non-hydrogen) atoms. The van der Waals surface area contributed by atoms with Crippen LogP contribution in [0.2, 0.25) is 0 Å². The third kappa shape index (κ3) is 4.46. The lowest BCUT2D eigenvalue weighted by Crippen LogP contribution is -3.29. The van der Waals surface area contributed by atoms with Crippen molar-refractivity contribution in [2.45, 2.75) is 19.5 Å². The lowest BCUT2D eigenvalue weighted by Gasteiger charge is -2.32. The van der Waals surface area contributed by atoms with Crippen LogP contribution in [0.15, 0.2) is 48.5 Å². The Labute approximate surface area is 166 Å². The Bertz CT molecular complexity index is 804. The molecular weight excluding hydrogens is 354 g/mol. The molecule has 2 aliphatic heterocycles. The summed E-state index contributed by atoms with van der Waals surface area (Å²) < 4.78 is 11.1. The number of carbonyl (C=O) groups excluding carboxylic acids is 1. The fourth-order valence-electron chi connectivity index (χ4n) is 3.98. The minimum atomic E-state index is -0.0773. The second-order valence-electron chi connectivity index (χ2n) is 7.64. The Hall–Kier alpha value is -2.57. The Kier molecular flexibility index (Phi) is 5.78. The van der Waals surface area contributed by atoms with E-state index in [9.17, 15) is 4.79 Å². The predicted molar refractivity (Wildman–Crippen MR) is 107 cm³/mol. The molecule has 1 amide bonds. The fraction of sp³-hybridized carbons (Fsp3) is 0.409. The van der Waals surface area contributed by atoms with Crippen LogP contribution in [-0.4, -0.2) is 51.3 Å². The smallest absolute Gasteiger partial charge is 0.282 e. The number of fused-ring (bicyclic) bond motifs is 1. The maximum atomic E-state index is 12.7. The van der Waals surface area contributed by atoms with E-state index >= 15 is 0 Å². The van der Waals surface area contributed by atoms with Crippen LogP contribution in [0.4, 0.5) is 5.69 Å². The van der Waals surface area contributed by atoms with Crippen molar-refractivity contribution in [2.24, 2.45) is 0 Å². The molecule has 3 N–H and O–H groups in total. The number of hydrogen-bond donors (Lipinski definition) is 3. The molecule has 2 aromatic rings. The zero-order valence-electron chi connectivity index (χ0n) is 16.4. The fourth-order valence-corrected chi connectivity index (χ4v) is 3.98. The summed E-state index contributed by atoms with van der Waals surface area (Å²) in [6.45, 7) is 8.39. The standard InChI is InChI=1S/C22H27N3O3/c1-17(22(26)23-19-7-8-20-21(15-19)28-14-13-27-20)25-11-9-24(10-12-25)16-18-5-3-2-4-6-18/h2-8,15,17H,9-14,16H2,1H3,(H,23,26)/p+2/t17-/m1/s1. The van der Waals surface area contributed by atoms with Crippen LogP contribution in [-0.2, 0) is 11.3 Å². The van der Waals surface area contributed by atoms with E-state index in [-0.39, 0.29) is 11.9 Å². The number of rotatable bonds is 5. The summed E-state index contributed by atoms with van der Waals surface area (Å²) in [5.41, 5.74) is 2.14. The highest BCUT2D eigenvalue weighted by Crippen LogP contribution is 2.32. The highest BCUT2D eigenvalue weighted by atomic mass is 16.6. The molecule has 0 bridgehead atoms. The summed E-state index contributed by atoms with van der Waals surface area (Å²) in [4.78, 5) is 15.7. The van der Waals surface area contributed by atoms with Gasteiger partial charge in [0.15, 0.2) is 17.5 Å². The van der Waals surface area contributed by atoms with Gasteiger partial charge in [-0.2, -0.15) is 0 Å². The van der Waals surface area contributed by atoms with Gasteiger partial charge in [-0.3, -0.25) is 4.79 Å². The van der Waals surface area contributed by atoms with Crippen molar-refractivity contribution in [3.05, 3.63) is 54.1 Å². The highest BCUT2D eigenvalue weighted by molar-refractivity contribution is 5.93. The molecule has 0 aliphatic carbocycles. The summed E-state index contributed by atoms with van der Waals surface area (Å²) in [6, 6.07) is 16.1. The molecule has 0 spiro atoms. The SMILES string of the molecule is C[C@H](C(=O)Nc1ccc2c(c1)OCCO2)[NH+]1CC[NH+](Cc2ccccc2)CC1. The Morgan fingerprint density at radius 1 is 1.00 bits per heavy atom. The van der Waals surface area contributed by atoms with Crippen molar-refractivity contribution in [2.75, 3.05) is 44.7 Å².